The molecule has 0 aromatic rings. The van der Waals surface area contributed by atoms with E-state index in [0.717, 1.165) is 6.92 Å². The first-order valence-electron chi connectivity index (χ1n) is 4.37. The Morgan fingerprint density at radius 1 is 1.50 bits per heavy atom. The summed E-state index contributed by atoms with van der Waals surface area (Å²) in [4.78, 5) is -0.347. The van der Waals surface area contributed by atoms with Crippen LogP contribution in [0.4, 0.5) is 13.2 Å². The highest BCUT2D eigenvalue weighted by Crippen LogP contribution is 2.20. The minimum atomic E-state index is -4.58. The van der Waals surface area contributed by atoms with E-state index in [-0.39, 0.29) is 11.5 Å². The number of hydrogen-bond donors (Lipinski definition) is 1. The van der Waals surface area contributed by atoms with E-state index < -0.39 is 28.0 Å². The monoisotopic (exact) mass is 278 g/mol. The largest absolute Gasteiger partial charge is 0.402 e. The van der Waals surface area contributed by atoms with Crippen molar-refractivity contribution in [2.45, 2.75) is 25.3 Å². The molecule has 0 aromatic heterocycles. The molecule has 2 N–H and O–H groups in total. The van der Waals surface area contributed by atoms with Crippen LogP contribution >= 0.6 is 12.2 Å². The quantitative estimate of drug-likeness (QED) is 0.758. The number of rotatable bonds is 5. The van der Waals surface area contributed by atoms with Crippen molar-refractivity contribution in [2.75, 3.05) is 13.1 Å². The van der Waals surface area contributed by atoms with Crippen LogP contribution in [0.25, 0.3) is 0 Å². The van der Waals surface area contributed by atoms with Crippen molar-refractivity contribution in [3.8, 4) is 0 Å². The van der Waals surface area contributed by atoms with Gasteiger partial charge in [0.15, 0.2) is 0 Å². The highest BCUT2D eigenvalue weighted by Gasteiger charge is 2.38. The van der Waals surface area contributed by atoms with Crippen molar-refractivity contribution in [2.24, 2.45) is 5.73 Å². The Morgan fingerprint density at radius 3 is 2.19 bits per heavy atom. The van der Waals surface area contributed by atoms with E-state index in [2.05, 4.69) is 12.2 Å². The average Bonchev–Trinajstić information content (AvgIpc) is 2.10. The van der Waals surface area contributed by atoms with Gasteiger partial charge < -0.3 is 5.73 Å². The molecule has 0 bridgehead atoms. The number of nitrogens with zero attached hydrogens (tertiary/aromatic N) is 1. The zero-order valence-corrected chi connectivity index (χ0v) is 10.4. The van der Waals surface area contributed by atoms with Crippen LogP contribution in [0.15, 0.2) is 0 Å². The van der Waals surface area contributed by atoms with Gasteiger partial charge in [0.25, 0.3) is 0 Å². The number of hydrogen-bond acceptors (Lipinski definition) is 3. The standard InChI is InChI=1S/C7H13F3N2O2S2/c1-3-12(4-7(8,9)10)16(13,14)5(2)6(11)15/h5H,3-4H2,1-2H3,(H2,11,15). The third kappa shape index (κ3) is 4.22. The first-order chi connectivity index (χ1) is 7.02. The summed E-state index contributed by atoms with van der Waals surface area (Å²) >= 11 is 4.47. The van der Waals surface area contributed by atoms with Gasteiger partial charge in [0.05, 0.1) is 4.99 Å². The summed E-state index contributed by atoms with van der Waals surface area (Å²) in [5.41, 5.74) is 5.12. The maximum absolute atomic E-state index is 12.1. The summed E-state index contributed by atoms with van der Waals surface area (Å²) in [6, 6.07) is 0. The Kier molecular flexibility index (Phi) is 5.15. The van der Waals surface area contributed by atoms with Gasteiger partial charge in [-0.05, 0) is 6.92 Å². The van der Waals surface area contributed by atoms with Crippen molar-refractivity contribution >= 4 is 27.2 Å². The molecule has 0 saturated carbocycles. The van der Waals surface area contributed by atoms with E-state index in [0.29, 0.717) is 4.31 Å². The fourth-order valence-electron chi connectivity index (χ4n) is 0.952. The van der Waals surface area contributed by atoms with E-state index in [4.69, 9.17) is 5.73 Å². The molecule has 0 aliphatic rings. The smallest absolute Gasteiger partial charge is 0.392 e. The van der Waals surface area contributed by atoms with E-state index in [1.165, 1.54) is 6.92 Å². The Balaban J connectivity index is 5.04. The molecule has 0 saturated heterocycles. The summed E-state index contributed by atoms with van der Waals surface area (Å²) in [5.74, 6) is 0. The summed E-state index contributed by atoms with van der Waals surface area (Å²) in [5, 5.41) is -1.30. The summed E-state index contributed by atoms with van der Waals surface area (Å²) in [7, 11) is -4.14. The van der Waals surface area contributed by atoms with Crippen LogP contribution in [0, 0.1) is 0 Å². The number of alkyl halides is 3. The predicted octanol–water partition coefficient (Wildman–Crippen LogP) is 0.875. The molecule has 0 heterocycles. The normalized spacial score (nSPS) is 15.1. The van der Waals surface area contributed by atoms with Crippen LogP contribution in [0.3, 0.4) is 0 Å². The fourth-order valence-corrected chi connectivity index (χ4v) is 2.74. The van der Waals surface area contributed by atoms with Crippen LogP contribution in [0.2, 0.25) is 0 Å². The maximum atomic E-state index is 12.1. The van der Waals surface area contributed by atoms with E-state index >= 15 is 0 Å². The molecule has 0 aromatic carbocycles. The number of thiocarbonyl (C=S) groups is 1. The summed E-state index contributed by atoms with van der Waals surface area (Å²) < 4.78 is 59.9. The van der Waals surface area contributed by atoms with Crippen molar-refractivity contribution in [1.82, 2.24) is 4.31 Å². The second kappa shape index (κ2) is 5.28. The van der Waals surface area contributed by atoms with Crippen molar-refractivity contribution in [3.05, 3.63) is 0 Å². The van der Waals surface area contributed by atoms with Crippen LogP contribution in [-0.2, 0) is 10.0 Å². The van der Waals surface area contributed by atoms with Crippen molar-refractivity contribution < 1.29 is 21.6 Å². The number of halogens is 3. The van der Waals surface area contributed by atoms with Gasteiger partial charge in [0, 0.05) is 6.54 Å². The van der Waals surface area contributed by atoms with Crippen molar-refractivity contribution in [1.29, 1.82) is 0 Å². The molecule has 0 rings (SSSR count). The third-order valence-electron chi connectivity index (χ3n) is 1.92. The second-order valence-corrected chi connectivity index (χ2v) is 5.86. The van der Waals surface area contributed by atoms with Gasteiger partial charge in [-0.1, -0.05) is 19.1 Å². The van der Waals surface area contributed by atoms with E-state index in [1.807, 2.05) is 0 Å². The number of nitrogens with two attached hydrogens (primary N) is 1. The van der Waals surface area contributed by atoms with Gasteiger partial charge in [-0.25, -0.2) is 8.42 Å². The third-order valence-corrected chi connectivity index (χ3v) is 4.67. The van der Waals surface area contributed by atoms with E-state index in [1.54, 1.807) is 0 Å². The number of sulfonamides is 1. The van der Waals surface area contributed by atoms with E-state index in [9.17, 15) is 21.6 Å². The van der Waals surface area contributed by atoms with Gasteiger partial charge in [0.1, 0.15) is 11.8 Å². The molecule has 16 heavy (non-hydrogen) atoms. The molecule has 1 atom stereocenters. The van der Waals surface area contributed by atoms with Gasteiger partial charge in [0.2, 0.25) is 10.0 Å². The topological polar surface area (TPSA) is 63.4 Å². The van der Waals surface area contributed by atoms with Crippen LogP contribution in [-0.4, -0.2) is 42.2 Å². The maximum Gasteiger partial charge on any atom is 0.402 e. The first-order valence-corrected chi connectivity index (χ1v) is 6.28. The highest BCUT2D eigenvalue weighted by molar-refractivity contribution is 7.92. The van der Waals surface area contributed by atoms with Gasteiger partial charge in [-0.3, -0.25) is 0 Å². The van der Waals surface area contributed by atoms with Crippen LogP contribution < -0.4 is 5.73 Å². The second-order valence-electron chi connectivity index (χ2n) is 3.13. The SMILES string of the molecule is CCN(CC(F)(F)F)S(=O)(=O)C(C)C(N)=S. The molecule has 0 aliphatic carbocycles. The lowest BCUT2D eigenvalue weighted by molar-refractivity contribution is -0.135. The Hall–Kier alpha value is -0.410. The molecule has 0 amide bonds. The minimum absolute atomic E-state index is 0.283. The lowest BCUT2D eigenvalue weighted by atomic mass is 10.5. The Morgan fingerprint density at radius 2 is 1.94 bits per heavy atom. The Bertz CT molecular complexity index is 353. The van der Waals surface area contributed by atoms with Gasteiger partial charge in [-0.15, -0.1) is 0 Å². The molecule has 0 fully saturated rings. The fraction of sp³-hybridized carbons (Fsp3) is 0.857. The molecule has 0 spiro atoms. The predicted molar refractivity (Wildman–Crippen MR) is 58.5 cm³/mol. The lowest BCUT2D eigenvalue weighted by Gasteiger charge is -2.24. The molecule has 96 valence electrons. The first kappa shape index (κ1) is 15.6. The molecule has 0 aliphatic heterocycles. The molecule has 0 radical (unpaired) electrons. The van der Waals surface area contributed by atoms with Gasteiger partial charge >= 0.3 is 6.18 Å². The molecule has 1 unspecified atom stereocenters. The van der Waals surface area contributed by atoms with Crippen LogP contribution in [0.5, 0.6) is 0 Å². The zero-order chi connectivity index (χ0) is 13.1. The summed E-state index contributed by atoms with van der Waals surface area (Å²) in [6.07, 6.45) is -4.58. The molecular formula is C7H13F3N2O2S2. The molecule has 9 heteroatoms. The zero-order valence-electron chi connectivity index (χ0n) is 8.78. The lowest BCUT2D eigenvalue weighted by Crippen LogP contribution is -2.46. The Labute approximate surface area is 97.6 Å². The minimum Gasteiger partial charge on any atom is -0.392 e. The van der Waals surface area contributed by atoms with Gasteiger partial charge in [-0.2, -0.15) is 17.5 Å². The average molecular weight is 278 g/mol. The molecule has 4 nitrogen and oxygen atoms in total. The summed E-state index contributed by atoms with van der Waals surface area (Å²) in [6.45, 7) is 0.667. The molecular weight excluding hydrogens is 265 g/mol. The highest BCUT2D eigenvalue weighted by atomic mass is 32.2. The van der Waals surface area contributed by atoms with Crippen molar-refractivity contribution in [3.63, 3.8) is 0 Å². The van der Waals surface area contributed by atoms with Crippen LogP contribution in [0.1, 0.15) is 13.8 Å².